The van der Waals surface area contributed by atoms with Gasteiger partial charge in [-0.15, -0.1) is 0 Å². The van der Waals surface area contributed by atoms with E-state index in [0.29, 0.717) is 0 Å². The van der Waals surface area contributed by atoms with Gasteiger partial charge in [0.25, 0.3) is 0 Å². The summed E-state index contributed by atoms with van der Waals surface area (Å²) < 4.78 is 16.1. The van der Waals surface area contributed by atoms with Crippen molar-refractivity contribution in [3.63, 3.8) is 0 Å². The van der Waals surface area contributed by atoms with Crippen molar-refractivity contribution in [2.24, 2.45) is 0 Å². The molecule has 0 aromatic rings. The Kier molecular flexibility index (Phi) is 43.9. The van der Waals surface area contributed by atoms with Crippen LogP contribution in [0.15, 0.2) is 146 Å². The van der Waals surface area contributed by atoms with Crippen molar-refractivity contribution in [2.45, 2.75) is 129 Å². The van der Waals surface area contributed by atoms with Crippen LogP contribution < -0.4 is 0 Å². The molecule has 48 heavy (non-hydrogen) atoms. The Morgan fingerprint density at radius 2 is 0.896 bits per heavy atom. The van der Waals surface area contributed by atoms with Gasteiger partial charge in [-0.2, -0.15) is 0 Å². The highest BCUT2D eigenvalue weighted by Gasteiger charge is 1.99. The number of hydrogen-bond donors (Lipinski definition) is 0. The van der Waals surface area contributed by atoms with Gasteiger partial charge in [-0.1, -0.05) is 179 Å². The highest BCUT2D eigenvalue weighted by atomic mass is 31.1. The molecule has 0 aliphatic carbocycles. The van der Waals surface area contributed by atoms with E-state index in [-0.39, 0.29) is 20.2 Å². The Morgan fingerprint density at radius 3 is 1.23 bits per heavy atom. The third-order valence-electron chi connectivity index (χ3n) is 6.67. The summed E-state index contributed by atoms with van der Waals surface area (Å²) in [4.78, 5) is 0. The Labute approximate surface area is 301 Å². The van der Waals surface area contributed by atoms with Gasteiger partial charge in [0.05, 0.1) is 11.8 Å². The van der Waals surface area contributed by atoms with E-state index in [1.807, 2.05) is 19.1 Å². The minimum Gasteiger partial charge on any atom is -0.358 e. The molecule has 0 saturated heterocycles. The number of rotatable bonds is 28. The van der Waals surface area contributed by atoms with E-state index in [4.69, 9.17) is 4.52 Å². The minimum absolute atomic E-state index is 0.119. The molecule has 0 radical (unpaired) electrons. The molecule has 0 heterocycles. The zero-order valence-corrected chi connectivity index (χ0v) is 32.8. The lowest BCUT2D eigenvalue weighted by atomic mass is 10.2. The molecule has 266 valence electrons. The van der Waals surface area contributed by atoms with E-state index in [1.54, 1.807) is 0 Å². The molecule has 0 aliphatic rings. The third kappa shape index (κ3) is 41.4. The van der Waals surface area contributed by atoms with Crippen LogP contribution in [0.2, 0.25) is 0 Å². The summed E-state index contributed by atoms with van der Waals surface area (Å²) in [6.07, 6.45) is 66.9. The number of unbranched alkanes of at least 4 members (excludes halogenated alkanes) is 2. The van der Waals surface area contributed by atoms with Crippen molar-refractivity contribution < 1.29 is 9.09 Å². The van der Waals surface area contributed by atoms with Crippen LogP contribution in [-0.2, 0) is 9.09 Å². The summed E-state index contributed by atoms with van der Waals surface area (Å²) in [6.45, 7) is 8.47. The van der Waals surface area contributed by atoms with Crippen LogP contribution in [0.1, 0.15) is 118 Å². The largest absolute Gasteiger partial charge is 0.358 e. The molecule has 4 heteroatoms. The van der Waals surface area contributed by atoms with Gasteiger partial charge < -0.3 is 4.52 Å². The molecule has 0 amide bonds. The molecule has 0 N–H and O–H groups in total. The fourth-order valence-corrected chi connectivity index (χ4v) is 4.61. The highest BCUT2D eigenvalue weighted by Crippen LogP contribution is 2.13. The molecule has 3 atom stereocenters. The predicted molar refractivity (Wildman–Crippen MR) is 223 cm³/mol. The third-order valence-corrected chi connectivity index (χ3v) is 7.67. The maximum Gasteiger partial charge on any atom is 0.163 e. The molecule has 0 aliphatic heterocycles. The average molecular weight is 691 g/mol. The summed E-state index contributed by atoms with van der Waals surface area (Å²) in [5.74, 6) is 0. The average Bonchev–Trinajstić information content (AvgIpc) is 3.10. The Bertz CT molecular complexity index is 1040. The molecular formula is C44H68O2P2. The molecule has 0 aromatic carbocycles. The van der Waals surface area contributed by atoms with Gasteiger partial charge in [-0.05, 0) is 84.0 Å². The molecule has 0 bridgehead atoms. The first-order valence-corrected chi connectivity index (χ1v) is 19.5. The van der Waals surface area contributed by atoms with Gasteiger partial charge in [0.15, 0.2) is 8.46 Å². The first-order valence-electron chi connectivity index (χ1n) is 18.2. The van der Waals surface area contributed by atoms with E-state index in [2.05, 4.69) is 164 Å². The van der Waals surface area contributed by atoms with E-state index < -0.39 is 0 Å². The van der Waals surface area contributed by atoms with Crippen molar-refractivity contribution in [1.82, 2.24) is 0 Å². The maximum atomic E-state index is 10.9. The normalized spacial score (nSPS) is 14.7. The molecule has 0 rings (SSSR count). The van der Waals surface area contributed by atoms with Gasteiger partial charge in [0, 0.05) is 9.47 Å². The van der Waals surface area contributed by atoms with Crippen LogP contribution in [0.25, 0.3) is 0 Å². The smallest absolute Gasteiger partial charge is 0.163 e. The molecule has 0 fully saturated rings. The van der Waals surface area contributed by atoms with Crippen molar-refractivity contribution >= 4 is 17.9 Å². The Balaban J connectivity index is 0. The summed E-state index contributed by atoms with van der Waals surface area (Å²) in [5.41, 5.74) is 0.119. The quantitative estimate of drug-likeness (QED) is 0.0464. The number of hydrogen-bond acceptors (Lipinski definition) is 2. The molecule has 2 nitrogen and oxygen atoms in total. The molecule has 3 unspecified atom stereocenters. The second-order valence-electron chi connectivity index (χ2n) is 11.0. The van der Waals surface area contributed by atoms with Crippen LogP contribution in [0.4, 0.5) is 0 Å². The predicted octanol–water partition coefficient (Wildman–Crippen LogP) is 15.0. The molecule has 0 spiro atoms. The lowest BCUT2D eigenvalue weighted by Gasteiger charge is -2.04. The summed E-state index contributed by atoms with van der Waals surface area (Å²) in [5, 5.41) is 0. The first kappa shape index (κ1) is 47.5. The van der Waals surface area contributed by atoms with Crippen molar-refractivity contribution in [2.75, 3.05) is 0 Å². The van der Waals surface area contributed by atoms with E-state index >= 15 is 0 Å². The Morgan fingerprint density at radius 1 is 0.521 bits per heavy atom. The van der Waals surface area contributed by atoms with E-state index in [1.165, 1.54) is 25.7 Å². The standard InChI is InChI=1S/C22H35OP.C22H33OP/c1-3-5-6-7-8-9-10-11-12-13-14-15-16-17-18-19-20-21-22(4-2)23-24;1-3-5-6-7-8-9-10-11-12-13-14-15-16-17-18-19-21-22(24-23)20-4-2/h6-7,9-10,12-13,15-16,18-22H,3-5,8,11,14,17,24H2,1-2H3;4,6-7,9-10,12-13,15-16,18-20,22H,3,5,8,11,14,17,21H2,1-2H3/b7-6-,10-9-,13-12-,16-15-,19-18-,21-20+;7-6-,10-9-,13-12-,16-15-,19-18-,20-4+. The van der Waals surface area contributed by atoms with Gasteiger partial charge in [-0.3, -0.25) is 4.57 Å². The van der Waals surface area contributed by atoms with E-state index in [9.17, 15) is 4.57 Å². The summed E-state index contributed by atoms with van der Waals surface area (Å²) in [6, 6.07) is 0. The SMILES string of the molecule is C/C=C/C(C/C=C\C/C=C\C/C=C\C/C=C\C/C=C\CCC)P=O.CCC/C=C\C/C=C\C/C=C\C/C=C\C/C=C\C=C\C(CC)OP. The highest BCUT2D eigenvalue weighted by molar-refractivity contribution is 7.25. The summed E-state index contributed by atoms with van der Waals surface area (Å²) in [7, 11) is 2.52. The van der Waals surface area contributed by atoms with Crippen molar-refractivity contribution in [3.05, 3.63) is 146 Å². The molecular weight excluding hydrogens is 622 g/mol. The molecule has 0 saturated carbocycles. The van der Waals surface area contributed by atoms with Gasteiger partial charge in [0.1, 0.15) is 0 Å². The second-order valence-corrected chi connectivity index (χ2v) is 12.2. The lowest BCUT2D eigenvalue weighted by Crippen LogP contribution is -1.99. The van der Waals surface area contributed by atoms with Gasteiger partial charge in [-0.25, -0.2) is 0 Å². The van der Waals surface area contributed by atoms with Crippen LogP contribution in [0.3, 0.4) is 0 Å². The maximum absolute atomic E-state index is 10.9. The molecule has 0 aromatic heterocycles. The summed E-state index contributed by atoms with van der Waals surface area (Å²) >= 11 is 0. The fraction of sp³-hybridized carbons (Fsp3) is 0.455. The minimum atomic E-state index is 0.119. The van der Waals surface area contributed by atoms with Crippen LogP contribution in [-0.4, -0.2) is 11.8 Å². The number of allylic oxidation sites excluding steroid dienone is 23. The van der Waals surface area contributed by atoms with Crippen LogP contribution in [0, 0.1) is 0 Å². The van der Waals surface area contributed by atoms with E-state index in [0.717, 1.165) is 64.2 Å². The zero-order chi connectivity index (χ0) is 35.4. The second kappa shape index (κ2) is 44.4. The van der Waals surface area contributed by atoms with Crippen LogP contribution in [0.5, 0.6) is 0 Å². The van der Waals surface area contributed by atoms with Gasteiger partial charge in [0.2, 0.25) is 0 Å². The zero-order valence-electron chi connectivity index (χ0n) is 30.8. The van der Waals surface area contributed by atoms with Crippen LogP contribution >= 0.6 is 17.9 Å². The first-order chi connectivity index (χ1) is 23.7. The monoisotopic (exact) mass is 690 g/mol. The van der Waals surface area contributed by atoms with Gasteiger partial charge >= 0.3 is 0 Å². The van der Waals surface area contributed by atoms with Crippen molar-refractivity contribution in [3.8, 4) is 0 Å². The Hall–Kier alpha value is -2.63. The fourth-order valence-electron chi connectivity index (χ4n) is 3.88. The lowest BCUT2D eigenvalue weighted by molar-refractivity contribution is 0.289. The van der Waals surface area contributed by atoms with Crippen molar-refractivity contribution in [1.29, 1.82) is 0 Å². The topological polar surface area (TPSA) is 26.3 Å².